The van der Waals surface area contributed by atoms with Gasteiger partial charge in [0, 0.05) is 31.9 Å². The maximum Gasteiger partial charge on any atom is 0.234 e. The molecule has 4 rings (SSSR count). The van der Waals surface area contributed by atoms with E-state index in [1.165, 1.54) is 11.8 Å². The molecular formula is C26H16Cl3N3OS. The van der Waals surface area contributed by atoms with Gasteiger partial charge in [0.25, 0.3) is 0 Å². The number of thioether (sulfide) groups is 1. The van der Waals surface area contributed by atoms with Crippen molar-refractivity contribution in [3.63, 3.8) is 0 Å². The van der Waals surface area contributed by atoms with Crippen LogP contribution in [0.25, 0.3) is 22.4 Å². The van der Waals surface area contributed by atoms with Crippen molar-refractivity contribution in [3.8, 4) is 28.5 Å². The lowest BCUT2D eigenvalue weighted by Crippen LogP contribution is -2.14. The number of nitrogens with zero attached hydrogens (tertiary/aromatic N) is 2. The second-order valence-electron chi connectivity index (χ2n) is 7.21. The molecule has 1 aromatic heterocycles. The van der Waals surface area contributed by atoms with Gasteiger partial charge in [-0.05, 0) is 42.0 Å². The van der Waals surface area contributed by atoms with E-state index >= 15 is 0 Å². The summed E-state index contributed by atoms with van der Waals surface area (Å²) < 4.78 is 0. The van der Waals surface area contributed by atoms with Crippen LogP contribution < -0.4 is 5.32 Å². The molecule has 4 aromatic rings. The second-order valence-corrected chi connectivity index (χ2v) is 9.49. The average molecular weight is 525 g/mol. The van der Waals surface area contributed by atoms with E-state index in [2.05, 4.69) is 11.4 Å². The SMILES string of the molecule is N#Cc1c(-c2ccccc2)cc(-c2ccc(Cl)cc2)nc1SCC(=O)Nc1cc(Cl)cc(Cl)c1. The van der Waals surface area contributed by atoms with Crippen molar-refractivity contribution >= 4 is 58.2 Å². The number of hydrogen-bond donors (Lipinski definition) is 1. The summed E-state index contributed by atoms with van der Waals surface area (Å²) in [5.74, 6) is -0.225. The highest BCUT2D eigenvalue weighted by Crippen LogP contribution is 2.34. The van der Waals surface area contributed by atoms with Crippen molar-refractivity contribution in [2.75, 3.05) is 11.1 Å². The fourth-order valence-corrected chi connectivity index (χ4v) is 4.76. The Hall–Kier alpha value is -3.01. The number of halogens is 3. The highest BCUT2D eigenvalue weighted by molar-refractivity contribution is 8.00. The molecule has 0 radical (unpaired) electrons. The summed E-state index contributed by atoms with van der Waals surface area (Å²) in [6, 6.07) is 25.9. The zero-order valence-electron chi connectivity index (χ0n) is 17.6. The summed E-state index contributed by atoms with van der Waals surface area (Å²) in [6.45, 7) is 0. The fraction of sp³-hybridized carbons (Fsp3) is 0.0385. The van der Waals surface area contributed by atoms with Gasteiger partial charge in [-0.2, -0.15) is 5.26 Å². The molecule has 168 valence electrons. The van der Waals surface area contributed by atoms with Crippen molar-refractivity contribution in [2.24, 2.45) is 0 Å². The first-order valence-corrected chi connectivity index (χ1v) is 12.2. The Morgan fingerprint density at radius 3 is 2.21 bits per heavy atom. The van der Waals surface area contributed by atoms with Crippen LogP contribution in [-0.2, 0) is 4.79 Å². The number of nitrogens with one attached hydrogen (secondary N) is 1. The number of nitriles is 1. The summed E-state index contributed by atoms with van der Waals surface area (Å²) in [6.07, 6.45) is 0. The van der Waals surface area contributed by atoms with Crippen LogP contribution in [0, 0.1) is 11.3 Å². The summed E-state index contributed by atoms with van der Waals surface area (Å²) in [7, 11) is 0. The Labute approximate surface area is 216 Å². The summed E-state index contributed by atoms with van der Waals surface area (Å²) in [5, 5.41) is 14.7. The Bertz CT molecular complexity index is 1370. The van der Waals surface area contributed by atoms with Gasteiger partial charge in [0.15, 0.2) is 0 Å². The highest BCUT2D eigenvalue weighted by atomic mass is 35.5. The Balaban J connectivity index is 1.67. The first kappa shape index (κ1) is 24.1. The van der Waals surface area contributed by atoms with E-state index in [9.17, 15) is 10.1 Å². The maximum atomic E-state index is 12.6. The van der Waals surface area contributed by atoms with Gasteiger partial charge in [0.1, 0.15) is 11.1 Å². The summed E-state index contributed by atoms with van der Waals surface area (Å²) in [5.41, 5.74) is 4.07. The third kappa shape index (κ3) is 5.91. The van der Waals surface area contributed by atoms with Gasteiger partial charge in [-0.15, -0.1) is 0 Å². The number of pyridine rings is 1. The minimum absolute atomic E-state index is 0.0457. The molecule has 0 fully saturated rings. The molecule has 0 spiro atoms. The molecule has 0 aliphatic heterocycles. The van der Waals surface area contributed by atoms with Crippen molar-refractivity contribution in [2.45, 2.75) is 5.03 Å². The molecule has 0 atom stereocenters. The van der Waals surface area contributed by atoms with E-state index in [1.807, 2.05) is 48.5 Å². The van der Waals surface area contributed by atoms with Gasteiger partial charge in [0.2, 0.25) is 5.91 Å². The molecule has 34 heavy (non-hydrogen) atoms. The summed E-state index contributed by atoms with van der Waals surface area (Å²) in [4.78, 5) is 17.3. The number of rotatable bonds is 6. The van der Waals surface area contributed by atoms with Gasteiger partial charge in [-0.1, -0.05) is 89.0 Å². The molecule has 1 N–H and O–H groups in total. The molecule has 8 heteroatoms. The van der Waals surface area contributed by atoms with Crippen molar-refractivity contribution < 1.29 is 4.79 Å². The van der Waals surface area contributed by atoms with Gasteiger partial charge >= 0.3 is 0 Å². The van der Waals surface area contributed by atoms with E-state index in [4.69, 9.17) is 39.8 Å². The largest absolute Gasteiger partial charge is 0.325 e. The van der Waals surface area contributed by atoms with E-state index in [1.54, 1.807) is 30.3 Å². The quantitative estimate of drug-likeness (QED) is 0.260. The van der Waals surface area contributed by atoms with Crippen LogP contribution in [0.2, 0.25) is 15.1 Å². The van der Waals surface area contributed by atoms with Gasteiger partial charge in [-0.3, -0.25) is 4.79 Å². The molecule has 1 amide bonds. The lowest BCUT2D eigenvalue weighted by atomic mass is 9.99. The van der Waals surface area contributed by atoms with E-state index in [0.29, 0.717) is 37.0 Å². The molecule has 0 saturated heterocycles. The van der Waals surface area contributed by atoms with E-state index in [0.717, 1.165) is 16.7 Å². The Morgan fingerprint density at radius 2 is 1.56 bits per heavy atom. The number of amides is 1. The molecule has 1 heterocycles. The van der Waals surface area contributed by atoms with Crippen LogP contribution in [-0.4, -0.2) is 16.6 Å². The lowest BCUT2D eigenvalue weighted by Gasteiger charge is -2.13. The molecule has 0 aliphatic carbocycles. The van der Waals surface area contributed by atoms with Gasteiger partial charge in [-0.25, -0.2) is 4.98 Å². The predicted molar refractivity (Wildman–Crippen MR) is 141 cm³/mol. The number of carbonyl (C=O) groups is 1. The number of anilines is 1. The highest BCUT2D eigenvalue weighted by Gasteiger charge is 2.17. The van der Waals surface area contributed by atoms with Crippen LogP contribution in [0.1, 0.15) is 5.56 Å². The first-order chi connectivity index (χ1) is 16.4. The molecule has 4 nitrogen and oxygen atoms in total. The topological polar surface area (TPSA) is 65.8 Å². The van der Waals surface area contributed by atoms with Crippen LogP contribution in [0.15, 0.2) is 83.9 Å². The average Bonchev–Trinajstić information content (AvgIpc) is 2.82. The maximum absolute atomic E-state index is 12.6. The Kier molecular flexibility index (Phi) is 7.77. The lowest BCUT2D eigenvalue weighted by molar-refractivity contribution is -0.113. The number of aromatic nitrogens is 1. The van der Waals surface area contributed by atoms with Crippen LogP contribution >= 0.6 is 46.6 Å². The van der Waals surface area contributed by atoms with Crippen molar-refractivity contribution in [1.29, 1.82) is 5.26 Å². The first-order valence-electron chi connectivity index (χ1n) is 10.1. The standard InChI is InChI=1S/C26H16Cl3N3OS/c27-18-8-6-17(7-9-18)24-13-22(16-4-2-1-3-5-16)23(14-30)26(32-24)34-15-25(33)31-21-11-19(28)10-20(29)12-21/h1-13H,15H2,(H,31,33). The predicted octanol–water partition coefficient (Wildman–Crippen LogP) is 7.98. The molecule has 0 aliphatic rings. The van der Waals surface area contributed by atoms with Crippen LogP contribution in [0.3, 0.4) is 0 Å². The van der Waals surface area contributed by atoms with Crippen LogP contribution in [0.4, 0.5) is 5.69 Å². The minimum Gasteiger partial charge on any atom is -0.325 e. The second kappa shape index (κ2) is 10.9. The van der Waals surface area contributed by atoms with Gasteiger partial charge in [0.05, 0.1) is 17.0 Å². The van der Waals surface area contributed by atoms with Crippen molar-refractivity contribution in [3.05, 3.63) is 99.5 Å². The molecule has 3 aromatic carbocycles. The molecule has 0 saturated carbocycles. The van der Waals surface area contributed by atoms with Crippen LogP contribution in [0.5, 0.6) is 0 Å². The van der Waals surface area contributed by atoms with E-state index < -0.39 is 0 Å². The fourth-order valence-electron chi connectivity index (χ4n) is 3.31. The zero-order chi connectivity index (χ0) is 24.1. The minimum atomic E-state index is -0.271. The normalized spacial score (nSPS) is 10.5. The van der Waals surface area contributed by atoms with E-state index in [-0.39, 0.29) is 11.7 Å². The smallest absolute Gasteiger partial charge is 0.234 e. The third-order valence-corrected chi connectivity index (χ3v) is 6.47. The molecular weight excluding hydrogens is 509 g/mol. The monoisotopic (exact) mass is 523 g/mol. The zero-order valence-corrected chi connectivity index (χ0v) is 20.6. The van der Waals surface area contributed by atoms with Gasteiger partial charge < -0.3 is 5.32 Å². The molecule has 0 unspecified atom stereocenters. The van der Waals surface area contributed by atoms with Crippen molar-refractivity contribution in [1.82, 2.24) is 4.98 Å². The molecule has 0 bridgehead atoms. The number of carbonyl (C=O) groups excluding carboxylic acids is 1. The Morgan fingerprint density at radius 1 is 0.882 bits per heavy atom. The summed E-state index contributed by atoms with van der Waals surface area (Å²) >= 11 is 19.3. The third-order valence-electron chi connectivity index (χ3n) is 4.81. The number of benzene rings is 3. The number of hydrogen-bond acceptors (Lipinski definition) is 4.